The van der Waals surface area contributed by atoms with Gasteiger partial charge in [0.1, 0.15) is 0 Å². The van der Waals surface area contributed by atoms with Crippen molar-refractivity contribution in [2.24, 2.45) is 0 Å². The van der Waals surface area contributed by atoms with E-state index in [4.69, 9.17) is 9.47 Å². The van der Waals surface area contributed by atoms with Crippen LogP contribution in [0.15, 0.2) is 21.3 Å². The zero-order valence-corrected chi connectivity index (χ0v) is 19.6. The summed E-state index contributed by atoms with van der Waals surface area (Å²) in [5.74, 6) is 2.46. The summed E-state index contributed by atoms with van der Waals surface area (Å²) in [6.45, 7) is 11.0. The lowest BCUT2D eigenvalue weighted by Gasteiger charge is -2.34. The second kappa shape index (κ2) is 9.21. The number of anilines is 2. The van der Waals surface area contributed by atoms with Gasteiger partial charge in [-0.05, 0) is 59.6 Å². The van der Waals surface area contributed by atoms with Crippen molar-refractivity contribution < 1.29 is 9.47 Å². The predicted molar refractivity (Wildman–Crippen MR) is 115 cm³/mol. The Balaban J connectivity index is 1.68. The SMILES string of the molecule is CC(C)Oc1nc(N2CCN(c3ncc(Br)c(OC(C)C)n3)CC2)ncc1Br. The normalized spacial score (nSPS) is 14.7. The quantitative estimate of drug-likeness (QED) is 0.576. The van der Waals surface area contributed by atoms with Crippen molar-refractivity contribution >= 4 is 43.8 Å². The van der Waals surface area contributed by atoms with E-state index in [1.54, 1.807) is 12.4 Å². The van der Waals surface area contributed by atoms with E-state index >= 15 is 0 Å². The largest absolute Gasteiger partial charge is 0.474 e. The Morgan fingerprint density at radius 2 is 1.11 bits per heavy atom. The van der Waals surface area contributed by atoms with Gasteiger partial charge in [-0.2, -0.15) is 9.97 Å². The molecule has 0 unspecified atom stereocenters. The van der Waals surface area contributed by atoms with Gasteiger partial charge in [0.25, 0.3) is 0 Å². The van der Waals surface area contributed by atoms with Crippen LogP contribution in [-0.4, -0.2) is 58.3 Å². The molecule has 2 aromatic rings. The van der Waals surface area contributed by atoms with Crippen LogP contribution in [0.1, 0.15) is 27.7 Å². The number of hydrogen-bond acceptors (Lipinski definition) is 8. The van der Waals surface area contributed by atoms with Crippen LogP contribution in [0, 0.1) is 0 Å². The van der Waals surface area contributed by atoms with Crippen LogP contribution in [0.4, 0.5) is 11.9 Å². The van der Waals surface area contributed by atoms with Crippen LogP contribution >= 0.6 is 31.9 Å². The van der Waals surface area contributed by atoms with Gasteiger partial charge in [0.15, 0.2) is 0 Å². The molecule has 0 spiro atoms. The third-order valence-corrected chi connectivity index (χ3v) is 5.03. The molecule has 3 heterocycles. The Hall–Kier alpha value is -1.68. The summed E-state index contributed by atoms with van der Waals surface area (Å²) in [4.78, 5) is 22.3. The number of halogens is 2. The summed E-state index contributed by atoms with van der Waals surface area (Å²) < 4.78 is 13.0. The molecule has 0 saturated carbocycles. The van der Waals surface area contributed by atoms with Gasteiger partial charge in [-0.15, -0.1) is 0 Å². The van der Waals surface area contributed by atoms with Gasteiger partial charge < -0.3 is 19.3 Å². The van der Waals surface area contributed by atoms with Crippen molar-refractivity contribution in [3.05, 3.63) is 21.3 Å². The minimum atomic E-state index is 0.0488. The molecule has 1 aliphatic rings. The standard InChI is InChI=1S/C18H24Br2N6O2/c1-11(2)27-15-13(19)9-21-17(23-15)25-5-7-26(8-6-25)18-22-10-14(20)16(24-18)28-12(3)4/h9-12H,5-8H2,1-4H3. The molecule has 0 aliphatic carbocycles. The van der Waals surface area contributed by atoms with Gasteiger partial charge in [-0.1, -0.05) is 0 Å². The van der Waals surface area contributed by atoms with Crippen LogP contribution in [-0.2, 0) is 0 Å². The lowest BCUT2D eigenvalue weighted by Crippen LogP contribution is -2.47. The first-order valence-electron chi connectivity index (χ1n) is 9.21. The molecule has 1 fully saturated rings. The maximum absolute atomic E-state index is 5.75. The lowest BCUT2D eigenvalue weighted by molar-refractivity contribution is 0.230. The third kappa shape index (κ3) is 5.22. The zero-order valence-electron chi connectivity index (χ0n) is 16.4. The minimum Gasteiger partial charge on any atom is -0.474 e. The van der Waals surface area contributed by atoms with Crippen LogP contribution in [0.2, 0.25) is 0 Å². The van der Waals surface area contributed by atoms with E-state index in [2.05, 4.69) is 61.6 Å². The molecule has 0 amide bonds. The minimum absolute atomic E-state index is 0.0488. The average molecular weight is 516 g/mol. The third-order valence-electron chi connectivity index (χ3n) is 3.94. The predicted octanol–water partition coefficient (Wildman–Crippen LogP) is 3.69. The number of rotatable bonds is 6. The first kappa shape index (κ1) is 21.0. The van der Waals surface area contributed by atoms with Crippen molar-refractivity contribution in [3.8, 4) is 11.8 Å². The average Bonchev–Trinajstić information content (AvgIpc) is 2.65. The maximum atomic E-state index is 5.75. The van der Waals surface area contributed by atoms with Crippen LogP contribution in [0.5, 0.6) is 11.8 Å². The topological polar surface area (TPSA) is 76.5 Å². The van der Waals surface area contributed by atoms with Gasteiger partial charge in [0.2, 0.25) is 23.7 Å². The van der Waals surface area contributed by atoms with Crippen molar-refractivity contribution in [1.82, 2.24) is 19.9 Å². The number of ether oxygens (including phenoxy) is 2. The molecule has 8 nitrogen and oxygen atoms in total. The fraction of sp³-hybridized carbons (Fsp3) is 0.556. The molecule has 0 radical (unpaired) electrons. The van der Waals surface area contributed by atoms with E-state index in [-0.39, 0.29) is 12.2 Å². The highest BCUT2D eigenvalue weighted by molar-refractivity contribution is 9.10. The van der Waals surface area contributed by atoms with Crippen LogP contribution < -0.4 is 19.3 Å². The number of piperazine rings is 1. The highest BCUT2D eigenvalue weighted by Crippen LogP contribution is 2.27. The molecule has 10 heteroatoms. The Bertz CT molecular complexity index is 745. The Labute approximate surface area is 181 Å². The first-order valence-corrected chi connectivity index (χ1v) is 10.8. The van der Waals surface area contributed by atoms with Gasteiger partial charge in [-0.3, -0.25) is 0 Å². The summed E-state index contributed by atoms with van der Waals surface area (Å²) in [5.41, 5.74) is 0. The maximum Gasteiger partial charge on any atom is 0.233 e. The van der Waals surface area contributed by atoms with Gasteiger partial charge in [-0.25, -0.2) is 9.97 Å². The van der Waals surface area contributed by atoms with Crippen molar-refractivity contribution in [2.75, 3.05) is 36.0 Å². The molecule has 0 N–H and O–H groups in total. The molecule has 1 saturated heterocycles. The molecular formula is C18H24Br2N6O2. The molecule has 2 aromatic heterocycles. The molecule has 1 aliphatic heterocycles. The molecular weight excluding hydrogens is 492 g/mol. The van der Waals surface area contributed by atoms with Crippen LogP contribution in [0.3, 0.4) is 0 Å². The Morgan fingerprint density at radius 3 is 1.43 bits per heavy atom. The smallest absolute Gasteiger partial charge is 0.233 e. The summed E-state index contributed by atoms with van der Waals surface area (Å²) in [5, 5.41) is 0. The molecule has 3 rings (SSSR count). The second-order valence-electron chi connectivity index (χ2n) is 6.95. The van der Waals surface area contributed by atoms with E-state index in [0.717, 1.165) is 35.1 Å². The first-order chi connectivity index (χ1) is 13.3. The van der Waals surface area contributed by atoms with Crippen molar-refractivity contribution in [3.63, 3.8) is 0 Å². The Morgan fingerprint density at radius 1 is 0.750 bits per heavy atom. The number of aromatic nitrogens is 4. The van der Waals surface area contributed by atoms with E-state index in [0.29, 0.717) is 23.7 Å². The number of hydrogen-bond donors (Lipinski definition) is 0. The fourth-order valence-electron chi connectivity index (χ4n) is 2.71. The van der Waals surface area contributed by atoms with Crippen molar-refractivity contribution in [1.29, 1.82) is 0 Å². The summed E-state index contributed by atoms with van der Waals surface area (Å²) in [6, 6.07) is 0. The van der Waals surface area contributed by atoms with E-state index in [1.165, 1.54) is 0 Å². The fourth-order valence-corrected chi connectivity index (χ4v) is 3.28. The van der Waals surface area contributed by atoms with E-state index < -0.39 is 0 Å². The second-order valence-corrected chi connectivity index (χ2v) is 8.66. The summed E-state index contributed by atoms with van der Waals surface area (Å²) in [6.07, 6.45) is 3.57. The number of nitrogens with zero attached hydrogens (tertiary/aromatic N) is 6. The highest BCUT2D eigenvalue weighted by atomic mass is 79.9. The highest BCUT2D eigenvalue weighted by Gasteiger charge is 2.23. The lowest BCUT2D eigenvalue weighted by atomic mass is 10.3. The van der Waals surface area contributed by atoms with Crippen LogP contribution in [0.25, 0.3) is 0 Å². The van der Waals surface area contributed by atoms with E-state index in [9.17, 15) is 0 Å². The molecule has 152 valence electrons. The van der Waals surface area contributed by atoms with E-state index in [1.807, 2.05) is 27.7 Å². The zero-order chi connectivity index (χ0) is 20.3. The van der Waals surface area contributed by atoms with Gasteiger partial charge in [0, 0.05) is 26.2 Å². The summed E-state index contributed by atoms with van der Waals surface area (Å²) >= 11 is 6.89. The van der Waals surface area contributed by atoms with Gasteiger partial charge in [0.05, 0.1) is 33.5 Å². The molecule has 28 heavy (non-hydrogen) atoms. The Kier molecular flexibility index (Phi) is 6.92. The molecule has 0 aromatic carbocycles. The molecule has 0 bridgehead atoms. The van der Waals surface area contributed by atoms with Crippen molar-refractivity contribution in [2.45, 2.75) is 39.9 Å². The molecule has 0 atom stereocenters. The summed E-state index contributed by atoms with van der Waals surface area (Å²) in [7, 11) is 0. The van der Waals surface area contributed by atoms with Gasteiger partial charge >= 0.3 is 0 Å². The monoisotopic (exact) mass is 514 g/mol.